The Hall–Kier alpha value is -3.54. The zero-order valence-electron chi connectivity index (χ0n) is 17.7. The van der Waals surface area contributed by atoms with Crippen LogP contribution in [0.2, 0.25) is 0 Å². The molecular weight excluding hydrogens is 398 g/mol. The number of halogens is 2. The van der Waals surface area contributed by atoms with Gasteiger partial charge in [0.25, 0.3) is 0 Å². The van der Waals surface area contributed by atoms with Crippen LogP contribution in [0.4, 0.5) is 14.5 Å². The van der Waals surface area contributed by atoms with Gasteiger partial charge >= 0.3 is 0 Å². The van der Waals surface area contributed by atoms with Crippen LogP contribution in [0.3, 0.4) is 0 Å². The number of nitrogens with zero attached hydrogens (tertiary/aromatic N) is 1. The van der Waals surface area contributed by atoms with Gasteiger partial charge in [0, 0.05) is 40.3 Å². The van der Waals surface area contributed by atoms with Gasteiger partial charge < -0.3 is 9.73 Å². The Morgan fingerprint density at radius 1 is 1.06 bits per heavy atom. The van der Waals surface area contributed by atoms with Crippen molar-refractivity contribution in [2.45, 2.75) is 33.7 Å². The molecule has 4 rings (SSSR count). The lowest BCUT2D eigenvalue weighted by Crippen LogP contribution is -2.13. The number of hydrogen-bond donors (Lipinski definition) is 1. The van der Waals surface area contributed by atoms with Gasteiger partial charge in [0.05, 0.1) is 11.4 Å². The highest BCUT2D eigenvalue weighted by Crippen LogP contribution is 2.32. The van der Waals surface area contributed by atoms with Gasteiger partial charge in [-0.3, -0.25) is 9.78 Å². The maximum Gasteiger partial charge on any atom is 0.196 e. The third-order valence-electron chi connectivity index (χ3n) is 5.49. The van der Waals surface area contributed by atoms with Crippen LogP contribution in [0, 0.1) is 32.4 Å². The monoisotopic (exact) mass is 420 g/mol. The van der Waals surface area contributed by atoms with Crippen molar-refractivity contribution in [3.05, 3.63) is 92.9 Å². The minimum Gasteiger partial charge on any atom is -0.455 e. The second kappa shape index (κ2) is 7.95. The van der Waals surface area contributed by atoms with Crippen molar-refractivity contribution in [3.8, 4) is 11.3 Å². The number of pyridine rings is 1. The molecule has 0 aliphatic rings. The second-order valence-corrected chi connectivity index (χ2v) is 7.76. The van der Waals surface area contributed by atoms with Crippen LogP contribution in [-0.2, 0) is 0 Å². The van der Waals surface area contributed by atoms with Crippen LogP contribution in [-0.4, -0.2) is 4.98 Å². The third kappa shape index (κ3) is 3.69. The van der Waals surface area contributed by atoms with Crippen molar-refractivity contribution in [1.29, 1.82) is 0 Å². The number of benzene rings is 2. The Labute approximate surface area is 178 Å². The van der Waals surface area contributed by atoms with Gasteiger partial charge in [-0.05, 0) is 63.6 Å². The summed E-state index contributed by atoms with van der Waals surface area (Å²) in [6, 6.07) is 9.62. The van der Waals surface area contributed by atoms with Crippen LogP contribution in [0.1, 0.15) is 35.2 Å². The van der Waals surface area contributed by atoms with Gasteiger partial charge in [0.15, 0.2) is 17.1 Å². The fraction of sp³-hybridized carbons (Fsp3) is 0.200. The number of fused-ring (bicyclic) bond motifs is 1. The van der Waals surface area contributed by atoms with E-state index in [1.807, 2.05) is 26.0 Å². The lowest BCUT2D eigenvalue weighted by molar-refractivity contribution is 0.503. The Kier molecular flexibility index (Phi) is 5.31. The molecule has 2 aromatic carbocycles. The molecular formula is C25H22F2N2O2. The number of hydrogen-bond acceptors (Lipinski definition) is 4. The average Bonchev–Trinajstić information content (AvgIpc) is 2.77. The summed E-state index contributed by atoms with van der Waals surface area (Å²) in [5.41, 5.74) is 3.89. The highest BCUT2D eigenvalue weighted by atomic mass is 19.2. The molecule has 0 fully saturated rings. The standard InChI is InChI=1S/C25H22F2N2O2/c1-13-10-18(16(4)29-21-8-7-20(26)22(27)14(21)2)25-19(11-13)23(30)15(3)24(31-25)17-6-5-9-28-12-17/h5-12,16,29H,1-4H3/t16-/m1/s1. The first-order valence-corrected chi connectivity index (χ1v) is 9.97. The highest BCUT2D eigenvalue weighted by Gasteiger charge is 2.20. The molecule has 0 spiro atoms. The number of aryl methyl sites for hydroxylation is 1. The minimum absolute atomic E-state index is 0.110. The largest absolute Gasteiger partial charge is 0.455 e. The van der Waals surface area contributed by atoms with Crippen LogP contribution < -0.4 is 10.7 Å². The van der Waals surface area contributed by atoms with E-state index < -0.39 is 11.6 Å². The summed E-state index contributed by atoms with van der Waals surface area (Å²) in [7, 11) is 0. The number of anilines is 1. The molecule has 1 atom stereocenters. The summed E-state index contributed by atoms with van der Waals surface area (Å²) in [4.78, 5) is 17.3. The molecule has 2 heterocycles. The molecule has 1 N–H and O–H groups in total. The van der Waals surface area contributed by atoms with Crippen molar-refractivity contribution in [2.75, 3.05) is 5.32 Å². The molecule has 0 saturated heterocycles. The molecule has 6 heteroatoms. The van der Waals surface area contributed by atoms with Crippen molar-refractivity contribution < 1.29 is 13.2 Å². The van der Waals surface area contributed by atoms with E-state index in [0.29, 0.717) is 33.5 Å². The highest BCUT2D eigenvalue weighted by molar-refractivity contribution is 5.84. The molecule has 2 aromatic heterocycles. The maximum absolute atomic E-state index is 14.0. The van der Waals surface area contributed by atoms with E-state index in [-0.39, 0.29) is 17.0 Å². The van der Waals surface area contributed by atoms with Crippen molar-refractivity contribution in [2.24, 2.45) is 0 Å². The molecule has 4 aromatic rings. The van der Waals surface area contributed by atoms with Gasteiger partial charge in [0.1, 0.15) is 11.3 Å². The van der Waals surface area contributed by atoms with Crippen molar-refractivity contribution in [1.82, 2.24) is 4.98 Å². The quantitative estimate of drug-likeness (QED) is 0.425. The van der Waals surface area contributed by atoms with Crippen LogP contribution in [0.15, 0.2) is 58.0 Å². The first-order valence-electron chi connectivity index (χ1n) is 9.97. The fourth-order valence-electron chi connectivity index (χ4n) is 3.78. The van der Waals surface area contributed by atoms with E-state index in [2.05, 4.69) is 10.3 Å². The van der Waals surface area contributed by atoms with Crippen LogP contribution in [0.5, 0.6) is 0 Å². The summed E-state index contributed by atoms with van der Waals surface area (Å²) >= 11 is 0. The molecule has 0 unspecified atom stereocenters. The zero-order valence-corrected chi connectivity index (χ0v) is 17.7. The molecule has 158 valence electrons. The molecule has 4 nitrogen and oxygen atoms in total. The maximum atomic E-state index is 14.0. The number of aromatic nitrogens is 1. The SMILES string of the molecule is Cc1cc([C@@H](C)Nc2ccc(F)c(F)c2C)c2oc(-c3cccnc3)c(C)c(=O)c2c1. The Balaban J connectivity index is 1.89. The zero-order chi connectivity index (χ0) is 22.3. The average molecular weight is 420 g/mol. The molecule has 0 saturated carbocycles. The van der Waals surface area contributed by atoms with Crippen molar-refractivity contribution >= 4 is 16.7 Å². The molecule has 0 radical (unpaired) electrons. The van der Waals surface area contributed by atoms with Gasteiger partial charge in [0.2, 0.25) is 0 Å². The predicted molar refractivity (Wildman–Crippen MR) is 118 cm³/mol. The van der Waals surface area contributed by atoms with Crippen LogP contribution >= 0.6 is 0 Å². The second-order valence-electron chi connectivity index (χ2n) is 7.76. The minimum atomic E-state index is -0.890. The smallest absolute Gasteiger partial charge is 0.196 e. The first kappa shape index (κ1) is 20.7. The topological polar surface area (TPSA) is 55.1 Å². The summed E-state index contributed by atoms with van der Waals surface area (Å²) in [5.74, 6) is -1.31. The van der Waals surface area contributed by atoms with E-state index in [0.717, 1.165) is 17.2 Å². The van der Waals surface area contributed by atoms with Crippen molar-refractivity contribution in [3.63, 3.8) is 0 Å². The molecule has 0 aliphatic carbocycles. The van der Waals surface area contributed by atoms with Gasteiger partial charge in [-0.1, -0.05) is 6.07 Å². The lowest BCUT2D eigenvalue weighted by atomic mass is 9.99. The van der Waals surface area contributed by atoms with Gasteiger partial charge in [-0.2, -0.15) is 0 Å². The number of nitrogens with one attached hydrogen (secondary N) is 1. The van der Waals surface area contributed by atoms with Gasteiger partial charge in [-0.15, -0.1) is 0 Å². The summed E-state index contributed by atoms with van der Waals surface area (Å²) in [5, 5.41) is 3.71. The number of rotatable bonds is 4. The molecule has 0 aliphatic heterocycles. The summed E-state index contributed by atoms with van der Waals surface area (Å²) in [6.45, 7) is 7.05. The predicted octanol–water partition coefficient (Wildman–Crippen LogP) is 6.23. The van der Waals surface area contributed by atoms with E-state index in [9.17, 15) is 13.6 Å². The third-order valence-corrected chi connectivity index (χ3v) is 5.49. The first-order chi connectivity index (χ1) is 14.8. The van der Waals surface area contributed by atoms with E-state index in [1.165, 1.54) is 13.0 Å². The summed E-state index contributed by atoms with van der Waals surface area (Å²) < 4.78 is 33.8. The molecule has 31 heavy (non-hydrogen) atoms. The molecule has 0 amide bonds. The Morgan fingerprint density at radius 2 is 1.84 bits per heavy atom. The molecule has 0 bridgehead atoms. The Bertz CT molecular complexity index is 1350. The Morgan fingerprint density at radius 3 is 2.55 bits per heavy atom. The van der Waals surface area contributed by atoms with Crippen LogP contribution in [0.25, 0.3) is 22.3 Å². The van der Waals surface area contributed by atoms with E-state index in [1.54, 1.807) is 31.5 Å². The summed E-state index contributed by atoms with van der Waals surface area (Å²) in [6.07, 6.45) is 3.31. The fourth-order valence-corrected chi connectivity index (χ4v) is 3.78. The van der Waals surface area contributed by atoms with E-state index >= 15 is 0 Å². The normalized spacial score (nSPS) is 12.2. The lowest BCUT2D eigenvalue weighted by Gasteiger charge is -2.20. The van der Waals surface area contributed by atoms with Gasteiger partial charge in [-0.25, -0.2) is 8.78 Å². The van der Waals surface area contributed by atoms with E-state index in [4.69, 9.17) is 4.42 Å².